The van der Waals surface area contributed by atoms with E-state index >= 15 is 0 Å². The number of nitrogens with one attached hydrogen (secondary N) is 1. The van der Waals surface area contributed by atoms with Gasteiger partial charge in [0.15, 0.2) is 0 Å². The lowest BCUT2D eigenvalue weighted by Gasteiger charge is -2.05. The average molecular weight is 312 g/mol. The van der Waals surface area contributed by atoms with Gasteiger partial charge in [-0.3, -0.25) is 4.79 Å². The van der Waals surface area contributed by atoms with Crippen LogP contribution in [0.2, 0.25) is 0 Å². The van der Waals surface area contributed by atoms with E-state index in [2.05, 4.69) is 28.2 Å². The number of hydrogen-bond donors (Lipinski definition) is 1. The fourth-order valence-corrected chi connectivity index (χ4v) is 2.17. The molecule has 0 aromatic heterocycles. The van der Waals surface area contributed by atoms with Crippen LogP contribution in [0.4, 0.5) is 0 Å². The van der Waals surface area contributed by atoms with Gasteiger partial charge in [0, 0.05) is 17.4 Å². The molecule has 100 valence electrons. The molecule has 0 fully saturated rings. The average Bonchev–Trinajstić information content (AvgIpc) is 2.42. The molecule has 0 saturated carbocycles. The van der Waals surface area contributed by atoms with Gasteiger partial charge in [0.25, 0.3) is 5.91 Å². The predicted octanol–water partition coefficient (Wildman–Crippen LogP) is 3.93. The first-order valence-corrected chi connectivity index (χ1v) is 7.83. The number of unbranched alkanes of at least 4 members (excludes halogenated alkanes) is 3. The van der Waals surface area contributed by atoms with Crippen molar-refractivity contribution in [3.63, 3.8) is 0 Å². The van der Waals surface area contributed by atoms with E-state index in [9.17, 15) is 4.79 Å². The molecule has 0 aliphatic rings. The van der Waals surface area contributed by atoms with Crippen LogP contribution in [0.3, 0.4) is 0 Å². The number of halogens is 1. The second-order valence-corrected chi connectivity index (χ2v) is 5.20. The van der Waals surface area contributed by atoms with Crippen LogP contribution < -0.4 is 5.32 Å². The van der Waals surface area contributed by atoms with Crippen molar-refractivity contribution in [1.82, 2.24) is 5.32 Å². The highest BCUT2D eigenvalue weighted by atomic mass is 79.9. The first-order chi connectivity index (χ1) is 8.77. The van der Waals surface area contributed by atoms with Crippen LogP contribution in [0.15, 0.2) is 24.3 Å². The summed E-state index contributed by atoms with van der Waals surface area (Å²) in [7, 11) is 0. The first kappa shape index (κ1) is 15.2. The van der Waals surface area contributed by atoms with Crippen LogP contribution in [0.25, 0.3) is 0 Å². The van der Waals surface area contributed by atoms with Gasteiger partial charge < -0.3 is 5.32 Å². The van der Waals surface area contributed by atoms with Crippen LogP contribution in [0, 0.1) is 0 Å². The summed E-state index contributed by atoms with van der Waals surface area (Å²) in [5.41, 5.74) is 2.02. The fourth-order valence-electron chi connectivity index (χ4n) is 1.77. The number of amides is 1. The van der Waals surface area contributed by atoms with E-state index in [1.165, 1.54) is 24.8 Å². The second kappa shape index (κ2) is 9.15. The predicted molar refractivity (Wildman–Crippen MR) is 80.4 cm³/mol. The number of benzene rings is 1. The Hall–Kier alpha value is -0.830. The summed E-state index contributed by atoms with van der Waals surface area (Å²) in [5.74, 6) is 0.0399. The molecule has 0 bridgehead atoms. The molecular weight excluding hydrogens is 290 g/mol. The maximum Gasteiger partial charge on any atom is 0.251 e. The molecule has 1 aromatic rings. The van der Waals surface area contributed by atoms with Gasteiger partial charge in [0.05, 0.1) is 0 Å². The van der Waals surface area contributed by atoms with E-state index in [-0.39, 0.29) is 5.91 Å². The Bertz CT molecular complexity index is 348. The van der Waals surface area contributed by atoms with Gasteiger partial charge in [-0.05, 0) is 37.0 Å². The molecule has 0 spiro atoms. The summed E-state index contributed by atoms with van der Waals surface area (Å²) in [6, 6.07) is 7.84. The highest BCUT2D eigenvalue weighted by Gasteiger charge is 2.03. The van der Waals surface area contributed by atoms with Gasteiger partial charge in [0.1, 0.15) is 0 Å². The summed E-state index contributed by atoms with van der Waals surface area (Å²) in [6.45, 7) is 2.89. The van der Waals surface area contributed by atoms with Crippen molar-refractivity contribution in [3.8, 4) is 0 Å². The monoisotopic (exact) mass is 311 g/mol. The molecule has 1 aromatic carbocycles. The smallest absolute Gasteiger partial charge is 0.251 e. The van der Waals surface area contributed by atoms with E-state index in [0.717, 1.165) is 30.3 Å². The van der Waals surface area contributed by atoms with E-state index in [1.54, 1.807) is 0 Å². The summed E-state index contributed by atoms with van der Waals surface area (Å²) in [4.78, 5) is 11.8. The molecule has 0 radical (unpaired) electrons. The number of rotatable bonds is 8. The lowest BCUT2D eigenvalue weighted by Crippen LogP contribution is -2.24. The molecular formula is C15H22BrNO. The van der Waals surface area contributed by atoms with Crippen molar-refractivity contribution < 1.29 is 4.79 Å². The molecule has 0 heterocycles. The van der Waals surface area contributed by atoms with Crippen molar-refractivity contribution in [1.29, 1.82) is 0 Å². The Morgan fingerprint density at radius 3 is 2.39 bits per heavy atom. The number of carbonyl (C=O) groups excluding carboxylic acids is 1. The zero-order chi connectivity index (χ0) is 13.2. The number of hydrogen-bond acceptors (Lipinski definition) is 1. The van der Waals surface area contributed by atoms with Crippen molar-refractivity contribution in [2.45, 2.75) is 39.0 Å². The molecule has 0 aliphatic carbocycles. The largest absolute Gasteiger partial charge is 0.352 e. The van der Waals surface area contributed by atoms with Crippen LogP contribution in [-0.4, -0.2) is 17.8 Å². The summed E-state index contributed by atoms with van der Waals surface area (Å²) in [6.07, 6.45) is 5.70. The van der Waals surface area contributed by atoms with Crippen LogP contribution in [-0.2, 0) is 6.42 Å². The molecule has 0 aliphatic heterocycles. The third kappa shape index (κ3) is 5.67. The Balaban J connectivity index is 2.23. The molecule has 0 saturated heterocycles. The zero-order valence-electron chi connectivity index (χ0n) is 11.0. The highest BCUT2D eigenvalue weighted by molar-refractivity contribution is 9.09. The Morgan fingerprint density at radius 1 is 1.11 bits per heavy atom. The van der Waals surface area contributed by atoms with E-state index in [0.29, 0.717) is 0 Å². The number of aryl methyl sites for hydroxylation is 1. The lowest BCUT2D eigenvalue weighted by atomic mass is 10.1. The molecule has 1 rings (SSSR count). The molecule has 3 heteroatoms. The van der Waals surface area contributed by atoms with Gasteiger partial charge >= 0.3 is 0 Å². The third-order valence-electron chi connectivity index (χ3n) is 2.97. The van der Waals surface area contributed by atoms with Gasteiger partial charge in [-0.15, -0.1) is 0 Å². The molecule has 18 heavy (non-hydrogen) atoms. The number of carbonyl (C=O) groups is 1. The number of alkyl halides is 1. The van der Waals surface area contributed by atoms with Gasteiger partial charge in [-0.2, -0.15) is 0 Å². The van der Waals surface area contributed by atoms with Crippen molar-refractivity contribution in [3.05, 3.63) is 35.4 Å². The first-order valence-electron chi connectivity index (χ1n) is 6.71. The zero-order valence-corrected chi connectivity index (χ0v) is 12.6. The minimum absolute atomic E-state index is 0.0399. The van der Waals surface area contributed by atoms with Crippen LogP contribution in [0.1, 0.15) is 48.5 Å². The Morgan fingerprint density at radius 2 is 1.78 bits per heavy atom. The standard InChI is InChI=1S/C15H22BrNO/c1-2-13-7-9-14(10-8-13)15(18)17-12-6-4-3-5-11-16/h7-10H,2-6,11-12H2,1H3,(H,17,18). The minimum Gasteiger partial charge on any atom is -0.352 e. The highest BCUT2D eigenvalue weighted by Crippen LogP contribution is 2.05. The molecule has 1 amide bonds. The molecule has 0 unspecified atom stereocenters. The van der Waals surface area contributed by atoms with Crippen molar-refractivity contribution in [2.75, 3.05) is 11.9 Å². The van der Waals surface area contributed by atoms with Crippen molar-refractivity contribution >= 4 is 21.8 Å². The van der Waals surface area contributed by atoms with Gasteiger partial charge in [-0.1, -0.05) is 47.8 Å². The quantitative estimate of drug-likeness (QED) is 0.572. The summed E-state index contributed by atoms with van der Waals surface area (Å²) >= 11 is 3.41. The normalized spacial score (nSPS) is 10.3. The van der Waals surface area contributed by atoms with Gasteiger partial charge in [-0.25, -0.2) is 0 Å². The maximum absolute atomic E-state index is 11.8. The third-order valence-corrected chi connectivity index (χ3v) is 3.53. The Labute approximate surface area is 118 Å². The van der Waals surface area contributed by atoms with E-state index in [1.807, 2.05) is 24.3 Å². The topological polar surface area (TPSA) is 29.1 Å². The SMILES string of the molecule is CCc1ccc(C(=O)NCCCCCCBr)cc1. The summed E-state index contributed by atoms with van der Waals surface area (Å²) in [5, 5.41) is 4.04. The van der Waals surface area contributed by atoms with Gasteiger partial charge in [0.2, 0.25) is 0 Å². The minimum atomic E-state index is 0.0399. The molecule has 1 N–H and O–H groups in total. The van der Waals surface area contributed by atoms with Crippen molar-refractivity contribution in [2.24, 2.45) is 0 Å². The van der Waals surface area contributed by atoms with E-state index in [4.69, 9.17) is 0 Å². The molecule has 2 nitrogen and oxygen atoms in total. The maximum atomic E-state index is 11.8. The van der Waals surface area contributed by atoms with Crippen LogP contribution >= 0.6 is 15.9 Å². The summed E-state index contributed by atoms with van der Waals surface area (Å²) < 4.78 is 0. The fraction of sp³-hybridized carbons (Fsp3) is 0.533. The van der Waals surface area contributed by atoms with Crippen LogP contribution in [0.5, 0.6) is 0 Å². The lowest BCUT2D eigenvalue weighted by molar-refractivity contribution is 0.0953. The Kier molecular flexibility index (Phi) is 7.74. The molecule has 0 atom stereocenters. The second-order valence-electron chi connectivity index (χ2n) is 4.41. The van der Waals surface area contributed by atoms with E-state index < -0.39 is 0 Å².